The highest BCUT2D eigenvalue weighted by molar-refractivity contribution is 5.92. The van der Waals surface area contributed by atoms with Crippen molar-refractivity contribution in [3.05, 3.63) is 39.9 Å². The smallest absolute Gasteiger partial charge is 0.434 e. The summed E-state index contributed by atoms with van der Waals surface area (Å²) in [6.45, 7) is 5.14. The summed E-state index contributed by atoms with van der Waals surface area (Å²) < 4.78 is 4.95. The van der Waals surface area contributed by atoms with Crippen molar-refractivity contribution in [2.75, 3.05) is 0 Å². The first-order chi connectivity index (χ1) is 8.29. The van der Waals surface area contributed by atoms with Gasteiger partial charge in [-0.1, -0.05) is 12.1 Å². The third kappa shape index (κ3) is 4.32. The molecular weight excluding hydrogens is 236 g/mol. The first kappa shape index (κ1) is 13.8. The number of carbonyl (C=O) groups is 1. The maximum atomic E-state index is 11.3. The Bertz CT molecular complexity index is 489. The van der Waals surface area contributed by atoms with E-state index < -0.39 is 16.6 Å². The zero-order valence-electron chi connectivity index (χ0n) is 10.4. The van der Waals surface area contributed by atoms with Gasteiger partial charge >= 0.3 is 6.09 Å². The molecule has 1 rings (SSSR count). The van der Waals surface area contributed by atoms with E-state index in [9.17, 15) is 14.9 Å². The first-order valence-electron chi connectivity index (χ1n) is 5.30. The second-order valence-electron chi connectivity index (χ2n) is 4.55. The second kappa shape index (κ2) is 5.39. The van der Waals surface area contributed by atoms with E-state index in [2.05, 4.69) is 4.99 Å². The van der Waals surface area contributed by atoms with Crippen LogP contribution in [0.3, 0.4) is 0 Å². The fourth-order valence-corrected chi connectivity index (χ4v) is 1.17. The van der Waals surface area contributed by atoms with Gasteiger partial charge in [-0.05, 0) is 26.8 Å². The van der Waals surface area contributed by atoms with Gasteiger partial charge < -0.3 is 4.74 Å². The van der Waals surface area contributed by atoms with E-state index in [1.807, 2.05) is 0 Å². The third-order valence-corrected chi connectivity index (χ3v) is 1.84. The molecular formula is C12H14N2O4. The lowest BCUT2D eigenvalue weighted by molar-refractivity contribution is -0.385. The van der Waals surface area contributed by atoms with E-state index in [-0.39, 0.29) is 11.3 Å². The average Bonchev–Trinajstić information content (AvgIpc) is 2.24. The molecule has 0 N–H and O–H groups in total. The van der Waals surface area contributed by atoms with Gasteiger partial charge in [-0.2, -0.15) is 4.99 Å². The van der Waals surface area contributed by atoms with Gasteiger partial charge in [0, 0.05) is 12.3 Å². The number of ether oxygens (including phenoxy) is 1. The van der Waals surface area contributed by atoms with Crippen molar-refractivity contribution >= 4 is 18.0 Å². The summed E-state index contributed by atoms with van der Waals surface area (Å²) in [6.07, 6.45) is 0.354. The Kier molecular flexibility index (Phi) is 4.14. The maximum Gasteiger partial charge on any atom is 0.434 e. The van der Waals surface area contributed by atoms with Crippen molar-refractivity contribution in [2.45, 2.75) is 26.4 Å². The van der Waals surface area contributed by atoms with Gasteiger partial charge in [0.15, 0.2) is 0 Å². The lowest BCUT2D eigenvalue weighted by Crippen LogP contribution is -2.21. The molecule has 0 saturated heterocycles. The third-order valence-electron chi connectivity index (χ3n) is 1.84. The lowest BCUT2D eigenvalue weighted by Gasteiger charge is -2.16. The molecule has 1 aromatic rings. The Balaban J connectivity index is 2.85. The topological polar surface area (TPSA) is 81.8 Å². The minimum atomic E-state index is -0.777. The minimum absolute atomic E-state index is 0.107. The number of aliphatic imine (C=N–C) groups is 1. The molecule has 0 spiro atoms. The summed E-state index contributed by atoms with van der Waals surface area (Å²) >= 11 is 0. The van der Waals surface area contributed by atoms with E-state index in [0.717, 1.165) is 6.21 Å². The van der Waals surface area contributed by atoms with Crippen LogP contribution in [0.1, 0.15) is 26.3 Å². The predicted molar refractivity (Wildman–Crippen MR) is 66.9 cm³/mol. The van der Waals surface area contributed by atoms with Crippen LogP contribution in [0.25, 0.3) is 0 Å². The summed E-state index contributed by atoms with van der Waals surface area (Å²) in [5.41, 5.74) is -0.491. The molecule has 0 saturated carbocycles. The van der Waals surface area contributed by atoms with Crippen LogP contribution in [0, 0.1) is 10.1 Å². The Labute approximate surface area is 104 Å². The SMILES string of the molecule is CC(C)(C)OC(=O)/N=C/c1ccccc1[N+](=O)[O-]. The summed E-state index contributed by atoms with van der Waals surface area (Å²) in [6, 6.07) is 6.02. The number of amides is 1. The van der Waals surface area contributed by atoms with Crippen LogP contribution in [-0.4, -0.2) is 22.8 Å². The van der Waals surface area contributed by atoms with Crippen LogP contribution < -0.4 is 0 Å². The van der Waals surface area contributed by atoms with E-state index in [1.165, 1.54) is 12.1 Å². The molecule has 6 heteroatoms. The molecule has 96 valence electrons. The van der Waals surface area contributed by atoms with Crippen molar-refractivity contribution in [2.24, 2.45) is 4.99 Å². The van der Waals surface area contributed by atoms with Crippen LogP contribution in [0.15, 0.2) is 29.3 Å². The van der Waals surface area contributed by atoms with Crippen molar-refractivity contribution < 1.29 is 14.5 Å². The normalized spacial score (nSPS) is 11.5. The molecule has 0 atom stereocenters. The standard InChI is InChI=1S/C12H14N2O4/c1-12(2,3)18-11(15)13-8-9-6-4-5-7-10(9)14(16)17/h4-8H,1-3H3/b13-8+. The van der Waals surface area contributed by atoms with Gasteiger partial charge in [-0.25, -0.2) is 4.79 Å². The van der Waals surface area contributed by atoms with Gasteiger partial charge in [0.25, 0.3) is 5.69 Å². The fraction of sp³-hybridized carbons (Fsp3) is 0.333. The molecule has 6 nitrogen and oxygen atoms in total. The molecule has 0 unspecified atom stereocenters. The van der Waals surface area contributed by atoms with Crippen molar-refractivity contribution in [1.82, 2.24) is 0 Å². The van der Waals surface area contributed by atoms with E-state index in [4.69, 9.17) is 4.74 Å². The molecule has 18 heavy (non-hydrogen) atoms. The largest absolute Gasteiger partial charge is 0.442 e. The van der Waals surface area contributed by atoms with Crippen LogP contribution in [0.2, 0.25) is 0 Å². The molecule has 0 heterocycles. The average molecular weight is 250 g/mol. The summed E-state index contributed by atoms with van der Waals surface area (Å²) in [5.74, 6) is 0. The van der Waals surface area contributed by atoms with Crippen molar-refractivity contribution in [1.29, 1.82) is 0 Å². The van der Waals surface area contributed by atoms with E-state index in [1.54, 1.807) is 32.9 Å². The van der Waals surface area contributed by atoms with Gasteiger partial charge in [-0.15, -0.1) is 0 Å². The van der Waals surface area contributed by atoms with Gasteiger partial charge in [-0.3, -0.25) is 10.1 Å². The Morgan fingerprint density at radius 2 is 2.00 bits per heavy atom. The predicted octanol–water partition coefficient (Wildman–Crippen LogP) is 2.95. The summed E-state index contributed by atoms with van der Waals surface area (Å²) in [5, 5.41) is 10.7. The highest BCUT2D eigenvalue weighted by Gasteiger charge is 2.16. The zero-order valence-corrected chi connectivity index (χ0v) is 10.4. The molecule has 0 aliphatic rings. The van der Waals surface area contributed by atoms with Gasteiger partial charge in [0.2, 0.25) is 0 Å². The van der Waals surface area contributed by atoms with Crippen LogP contribution >= 0.6 is 0 Å². The number of benzene rings is 1. The minimum Gasteiger partial charge on any atom is -0.442 e. The molecule has 0 bridgehead atoms. The van der Waals surface area contributed by atoms with E-state index in [0.29, 0.717) is 0 Å². The Hall–Kier alpha value is -2.24. The summed E-state index contributed by atoms with van der Waals surface area (Å²) in [4.78, 5) is 25.0. The number of nitrogens with zero attached hydrogens (tertiary/aromatic N) is 2. The number of hydrogen-bond acceptors (Lipinski definition) is 4. The number of nitro benzene ring substituents is 1. The maximum absolute atomic E-state index is 11.3. The van der Waals surface area contributed by atoms with Gasteiger partial charge in [0.1, 0.15) is 5.60 Å². The number of hydrogen-bond donors (Lipinski definition) is 0. The van der Waals surface area contributed by atoms with Crippen LogP contribution in [0.5, 0.6) is 0 Å². The lowest BCUT2D eigenvalue weighted by atomic mass is 10.2. The number of rotatable bonds is 2. The monoisotopic (exact) mass is 250 g/mol. The fourth-order valence-electron chi connectivity index (χ4n) is 1.17. The zero-order chi connectivity index (χ0) is 13.8. The van der Waals surface area contributed by atoms with Gasteiger partial charge in [0.05, 0.1) is 10.5 Å². The van der Waals surface area contributed by atoms with E-state index >= 15 is 0 Å². The van der Waals surface area contributed by atoms with Crippen molar-refractivity contribution in [3.8, 4) is 0 Å². The van der Waals surface area contributed by atoms with Crippen LogP contribution in [0.4, 0.5) is 10.5 Å². The Morgan fingerprint density at radius 1 is 1.39 bits per heavy atom. The molecule has 1 aromatic carbocycles. The summed E-state index contributed by atoms with van der Waals surface area (Å²) in [7, 11) is 0. The second-order valence-corrected chi connectivity index (χ2v) is 4.55. The highest BCUT2D eigenvalue weighted by Crippen LogP contribution is 2.15. The quantitative estimate of drug-likeness (QED) is 0.459. The number of nitro groups is 1. The highest BCUT2D eigenvalue weighted by atomic mass is 16.6. The Morgan fingerprint density at radius 3 is 2.56 bits per heavy atom. The number of para-hydroxylation sites is 1. The molecule has 1 amide bonds. The molecule has 0 fully saturated rings. The van der Waals surface area contributed by atoms with Crippen molar-refractivity contribution in [3.63, 3.8) is 0 Å². The molecule has 0 aliphatic carbocycles. The first-order valence-corrected chi connectivity index (χ1v) is 5.30. The number of carbonyl (C=O) groups excluding carboxylic acids is 1. The van der Waals surface area contributed by atoms with Crippen LogP contribution in [-0.2, 0) is 4.74 Å². The molecule has 0 aliphatic heterocycles. The molecule has 0 radical (unpaired) electrons. The molecule has 0 aromatic heterocycles.